The SMILES string of the molecule is CCC(=O)C(C)N.CCC(=O)C(C)N. The molecule has 4 N–H and O–H groups in total. The summed E-state index contributed by atoms with van der Waals surface area (Å²) < 4.78 is 0. The topological polar surface area (TPSA) is 86.2 Å². The van der Waals surface area contributed by atoms with Crippen molar-refractivity contribution in [1.29, 1.82) is 0 Å². The monoisotopic (exact) mass is 202 g/mol. The highest BCUT2D eigenvalue weighted by molar-refractivity contribution is 5.83. The van der Waals surface area contributed by atoms with E-state index in [1.165, 1.54) is 0 Å². The first-order valence-electron chi connectivity index (χ1n) is 4.93. The summed E-state index contributed by atoms with van der Waals surface area (Å²) in [7, 11) is 0. The van der Waals surface area contributed by atoms with Gasteiger partial charge in [0.25, 0.3) is 0 Å². The third-order valence-electron chi connectivity index (χ3n) is 1.71. The van der Waals surface area contributed by atoms with Crippen LogP contribution in [0.1, 0.15) is 40.5 Å². The van der Waals surface area contributed by atoms with Crippen LogP contribution in [-0.2, 0) is 9.59 Å². The number of hydrogen-bond donors (Lipinski definition) is 2. The molecule has 2 unspecified atom stereocenters. The van der Waals surface area contributed by atoms with Crippen molar-refractivity contribution in [2.75, 3.05) is 0 Å². The van der Waals surface area contributed by atoms with Crippen molar-refractivity contribution in [2.45, 2.75) is 52.6 Å². The van der Waals surface area contributed by atoms with Gasteiger partial charge in [0.1, 0.15) is 11.6 Å². The van der Waals surface area contributed by atoms with E-state index in [4.69, 9.17) is 11.5 Å². The van der Waals surface area contributed by atoms with Crippen molar-refractivity contribution in [3.05, 3.63) is 0 Å². The minimum absolute atomic E-state index is 0.125. The van der Waals surface area contributed by atoms with Gasteiger partial charge in [-0.2, -0.15) is 0 Å². The van der Waals surface area contributed by atoms with E-state index in [1.807, 2.05) is 13.8 Å². The van der Waals surface area contributed by atoms with E-state index in [9.17, 15) is 9.59 Å². The van der Waals surface area contributed by atoms with Crippen LogP contribution in [0.2, 0.25) is 0 Å². The number of carbonyl (C=O) groups is 2. The van der Waals surface area contributed by atoms with E-state index in [1.54, 1.807) is 13.8 Å². The third kappa shape index (κ3) is 9.35. The molecule has 4 heteroatoms. The second-order valence-corrected chi connectivity index (χ2v) is 3.22. The lowest BCUT2D eigenvalue weighted by molar-refractivity contribution is -0.120. The van der Waals surface area contributed by atoms with E-state index in [0.717, 1.165) is 0 Å². The summed E-state index contributed by atoms with van der Waals surface area (Å²) in [4.78, 5) is 20.8. The maximum Gasteiger partial charge on any atom is 0.148 e. The summed E-state index contributed by atoms with van der Waals surface area (Å²) in [6, 6.07) is -0.546. The molecule has 0 fully saturated rings. The van der Waals surface area contributed by atoms with Gasteiger partial charge in [0.2, 0.25) is 0 Å². The molecule has 0 saturated heterocycles. The first kappa shape index (κ1) is 15.7. The van der Waals surface area contributed by atoms with Crippen LogP contribution < -0.4 is 11.5 Å². The number of ketones is 2. The van der Waals surface area contributed by atoms with Crippen LogP contribution in [0.4, 0.5) is 0 Å². The lowest BCUT2D eigenvalue weighted by atomic mass is 10.2. The zero-order valence-electron chi connectivity index (χ0n) is 9.54. The lowest BCUT2D eigenvalue weighted by Gasteiger charge is -1.96. The molecule has 0 amide bonds. The Hall–Kier alpha value is -0.740. The molecule has 0 radical (unpaired) electrons. The van der Waals surface area contributed by atoms with Gasteiger partial charge in [-0.3, -0.25) is 9.59 Å². The number of carbonyl (C=O) groups excluding carboxylic acids is 2. The maximum absolute atomic E-state index is 10.4. The predicted molar refractivity (Wildman–Crippen MR) is 57.9 cm³/mol. The van der Waals surface area contributed by atoms with Crippen molar-refractivity contribution in [3.63, 3.8) is 0 Å². The summed E-state index contributed by atoms with van der Waals surface area (Å²) in [5, 5.41) is 0. The molecule has 14 heavy (non-hydrogen) atoms. The molecule has 4 nitrogen and oxygen atoms in total. The Kier molecular flexibility index (Phi) is 9.93. The average Bonchev–Trinajstić information content (AvgIpc) is 2.15. The Morgan fingerprint density at radius 1 is 0.929 bits per heavy atom. The molecule has 0 aliphatic heterocycles. The Bertz CT molecular complexity index is 157. The molecule has 0 heterocycles. The normalized spacial score (nSPS) is 13.6. The van der Waals surface area contributed by atoms with E-state index in [0.29, 0.717) is 12.8 Å². The molecular weight excluding hydrogens is 180 g/mol. The van der Waals surface area contributed by atoms with Crippen LogP contribution in [-0.4, -0.2) is 23.7 Å². The molecule has 0 aromatic heterocycles. The van der Waals surface area contributed by atoms with Crippen molar-refractivity contribution >= 4 is 11.6 Å². The molecule has 0 aliphatic rings. The van der Waals surface area contributed by atoms with Gasteiger partial charge in [-0.1, -0.05) is 13.8 Å². The van der Waals surface area contributed by atoms with Gasteiger partial charge in [0, 0.05) is 12.8 Å². The number of hydrogen-bond acceptors (Lipinski definition) is 4. The Morgan fingerprint density at radius 2 is 1.14 bits per heavy atom. The maximum atomic E-state index is 10.4. The van der Waals surface area contributed by atoms with Gasteiger partial charge in [-0.05, 0) is 13.8 Å². The Balaban J connectivity index is 0. The molecule has 0 bridgehead atoms. The van der Waals surface area contributed by atoms with Gasteiger partial charge in [-0.25, -0.2) is 0 Å². The first-order valence-corrected chi connectivity index (χ1v) is 4.93. The van der Waals surface area contributed by atoms with Crippen LogP contribution in [0.15, 0.2) is 0 Å². The molecule has 0 rings (SSSR count). The molecule has 0 spiro atoms. The number of rotatable bonds is 4. The summed E-state index contributed by atoms with van der Waals surface area (Å²) in [5.41, 5.74) is 10.4. The van der Waals surface area contributed by atoms with Gasteiger partial charge >= 0.3 is 0 Å². The van der Waals surface area contributed by atoms with Gasteiger partial charge in [-0.15, -0.1) is 0 Å². The first-order chi connectivity index (χ1) is 6.36. The Morgan fingerprint density at radius 3 is 1.14 bits per heavy atom. The molecule has 0 saturated carbocycles. The van der Waals surface area contributed by atoms with Crippen molar-refractivity contribution < 1.29 is 9.59 Å². The van der Waals surface area contributed by atoms with Crippen LogP contribution in [0.5, 0.6) is 0 Å². The van der Waals surface area contributed by atoms with E-state index in [2.05, 4.69) is 0 Å². The summed E-state index contributed by atoms with van der Waals surface area (Å²) in [5.74, 6) is 0.250. The Labute approximate surface area is 86.0 Å². The van der Waals surface area contributed by atoms with E-state index < -0.39 is 0 Å². The third-order valence-corrected chi connectivity index (χ3v) is 1.71. The fourth-order valence-corrected chi connectivity index (χ4v) is 0.644. The summed E-state index contributed by atoms with van der Waals surface area (Å²) in [6.45, 7) is 7.02. The quantitative estimate of drug-likeness (QED) is 0.700. The smallest absolute Gasteiger partial charge is 0.148 e. The van der Waals surface area contributed by atoms with Crippen LogP contribution in [0, 0.1) is 0 Å². The van der Waals surface area contributed by atoms with Crippen molar-refractivity contribution in [2.24, 2.45) is 11.5 Å². The second kappa shape index (κ2) is 8.84. The predicted octanol–water partition coefficient (Wildman–Crippen LogP) is 0.625. The fourth-order valence-electron chi connectivity index (χ4n) is 0.644. The molecule has 2 atom stereocenters. The van der Waals surface area contributed by atoms with Crippen molar-refractivity contribution in [3.8, 4) is 0 Å². The zero-order chi connectivity index (χ0) is 11.7. The van der Waals surface area contributed by atoms with E-state index in [-0.39, 0.29) is 23.7 Å². The summed E-state index contributed by atoms with van der Waals surface area (Å²) >= 11 is 0. The highest BCUT2D eigenvalue weighted by Gasteiger charge is 2.01. The van der Waals surface area contributed by atoms with Gasteiger partial charge in [0.05, 0.1) is 12.1 Å². The zero-order valence-corrected chi connectivity index (χ0v) is 9.54. The van der Waals surface area contributed by atoms with Crippen LogP contribution in [0.25, 0.3) is 0 Å². The van der Waals surface area contributed by atoms with Crippen LogP contribution >= 0.6 is 0 Å². The molecular formula is C10H22N2O2. The lowest BCUT2D eigenvalue weighted by Crippen LogP contribution is -2.25. The number of Topliss-reactive ketones (excluding diaryl/α,β-unsaturated/α-hetero) is 2. The molecule has 0 aromatic carbocycles. The second-order valence-electron chi connectivity index (χ2n) is 3.22. The average molecular weight is 202 g/mol. The largest absolute Gasteiger partial charge is 0.322 e. The highest BCUT2D eigenvalue weighted by Crippen LogP contribution is 1.83. The molecule has 0 aromatic rings. The van der Waals surface area contributed by atoms with E-state index >= 15 is 0 Å². The fraction of sp³-hybridized carbons (Fsp3) is 0.800. The van der Waals surface area contributed by atoms with Gasteiger partial charge < -0.3 is 11.5 Å². The van der Waals surface area contributed by atoms with Crippen molar-refractivity contribution in [1.82, 2.24) is 0 Å². The number of nitrogens with two attached hydrogens (primary N) is 2. The standard InChI is InChI=1S/2C5H11NO/c2*1-3-5(7)4(2)6/h2*4H,3,6H2,1-2H3. The van der Waals surface area contributed by atoms with Crippen LogP contribution in [0.3, 0.4) is 0 Å². The minimum atomic E-state index is -0.273. The minimum Gasteiger partial charge on any atom is -0.322 e. The molecule has 0 aliphatic carbocycles. The van der Waals surface area contributed by atoms with Gasteiger partial charge in [0.15, 0.2) is 0 Å². The summed E-state index contributed by atoms with van der Waals surface area (Å²) in [6.07, 6.45) is 1.11. The highest BCUT2D eigenvalue weighted by atomic mass is 16.1. The molecule has 84 valence electrons.